The summed E-state index contributed by atoms with van der Waals surface area (Å²) in [6.45, 7) is -0.422. The summed E-state index contributed by atoms with van der Waals surface area (Å²) >= 11 is 0. The van der Waals surface area contributed by atoms with Crippen LogP contribution in [0.25, 0.3) is 6.08 Å². The molecule has 1 unspecified atom stereocenters. The lowest BCUT2D eigenvalue weighted by Gasteiger charge is -2.22. The molecule has 1 amide bonds. The Kier molecular flexibility index (Phi) is 5.02. The van der Waals surface area contributed by atoms with Crippen molar-refractivity contribution in [2.75, 3.05) is 25.2 Å². The Labute approximate surface area is 128 Å². The fraction of sp³-hybridized carbons (Fsp3) is 0.429. The number of furan rings is 1. The first-order valence-corrected chi connectivity index (χ1v) is 8.54. The summed E-state index contributed by atoms with van der Waals surface area (Å²) in [6, 6.07) is 3.00. The number of esters is 1. The Hall–Kier alpha value is -2.09. The number of hydrogen-bond acceptors (Lipinski definition) is 6. The van der Waals surface area contributed by atoms with Crippen LogP contribution in [-0.2, 0) is 24.2 Å². The van der Waals surface area contributed by atoms with Crippen LogP contribution >= 0.6 is 0 Å². The minimum atomic E-state index is -3.06. The van der Waals surface area contributed by atoms with Crippen molar-refractivity contribution in [2.24, 2.45) is 0 Å². The summed E-state index contributed by atoms with van der Waals surface area (Å²) < 4.78 is 32.6. The predicted molar refractivity (Wildman–Crippen MR) is 78.5 cm³/mol. The highest BCUT2D eigenvalue weighted by Crippen LogP contribution is 2.16. The zero-order chi connectivity index (χ0) is 16.2. The van der Waals surface area contributed by atoms with Crippen LogP contribution in [0.5, 0.6) is 0 Å². The number of sulfone groups is 1. The molecular formula is C14H17NO6S. The number of likely N-dealkylation sites (N-methyl/N-ethyl adjacent to an activating group) is 1. The van der Waals surface area contributed by atoms with E-state index >= 15 is 0 Å². The van der Waals surface area contributed by atoms with E-state index in [1.54, 1.807) is 12.1 Å². The van der Waals surface area contributed by atoms with Crippen LogP contribution in [0.2, 0.25) is 0 Å². The summed E-state index contributed by atoms with van der Waals surface area (Å²) in [7, 11) is -1.55. The van der Waals surface area contributed by atoms with Crippen molar-refractivity contribution in [1.82, 2.24) is 4.90 Å². The molecule has 1 aliphatic rings. The highest BCUT2D eigenvalue weighted by molar-refractivity contribution is 7.91. The molecule has 1 atom stereocenters. The van der Waals surface area contributed by atoms with Crippen LogP contribution in [0.3, 0.4) is 0 Å². The zero-order valence-electron chi connectivity index (χ0n) is 12.1. The molecule has 120 valence electrons. The lowest BCUT2D eigenvalue weighted by molar-refractivity contribution is -0.148. The van der Waals surface area contributed by atoms with E-state index in [0.717, 1.165) is 6.08 Å². The van der Waals surface area contributed by atoms with Crippen molar-refractivity contribution in [1.29, 1.82) is 0 Å². The van der Waals surface area contributed by atoms with Crippen molar-refractivity contribution in [2.45, 2.75) is 12.5 Å². The van der Waals surface area contributed by atoms with Crippen LogP contribution in [0.1, 0.15) is 12.2 Å². The van der Waals surface area contributed by atoms with Crippen molar-refractivity contribution in [3.8, 4) is 0 Å². The summed E-state index contributed by atoms with van der Waals surface area (Å²) in [5.74, 6) is -0.557. The number of hydrogen-bond donors (Lipinski definition) is 0. The van der Waals surface area contributed by atoms with Gasteiger partial charge in [-0.1, -0.05) is 0 Å². The standard InChI is InChI=1S/C14H17NO6S/c1-15(11-6-8-22(18,19)10-11)13(16)9-21-14(17)5-4-12-3-2-7-20-12/h2-5,7,11H,6,8-10H2,1H3. The van der Waals surface area contributed by atoms with Crippen molar-refractivity contribution >= 4 is 27.8 Å². The largest absolute Gasteiger partial charge is 0.465 e. The fourth-order valence-electron chi connectivity index (χ4n) is 2.10. The van der Waals surface area contributed by atoms with E-state index in [9.17, 15) is 18.0 Å². The second-order valence-corrected chi connectivity index (χ2v) is 7.25. The Morgan fingerprint density at radius 2 is 2.27 bits per heavy atom. The van der Waals surface area contributed by atoms with Crippen LogP contribution < -0.4 is 0 Å². The predicted octanol–water partition coefficient (Wildman–Crippen LogP) is 0.482. The molecule has 0 radical (unpaired) electrons. The van der Waals surface area contributed by atoms with E-state index in [4.69, 9.17) is 9.15 Å². The SMILES string of the molecule is CN(C(=O)COC(=O)C=Cc1ccco1)C1CCS(=O)(=O)C1. The van der Waals surface area contributed by atoms with E-state index < -0.39 is 28.3 Å². The molecule has 8 heteroatoms. The van der Waals surface area contributed by atoms with Crippen molar-refractivity contribution in [3.05, 3.63) is 30.2 Å². The Balaban J connectivity index is 1.78. The number of nitrogens with zero attached hydrogens (tertiary/aromatic N) is 1. The molecule has 1 saturated heterocycles. The minimum absolute atomic E-state index is 0.0401. The summed E-state index contributed by atoms with van der Waals surface area (Å²) in [5, 5.41) is 0. The maximum Gasteiger partial charge on any atom is 0.331 e. The average Bonchev–Trinajstić information content (AvgIpc) is 3.10. The molecule has 0 aliphatic carbocycles. The van der Waals surface area contributed by atoms with Gasteiger partial charge in [0.05, 0.1) is 17.8 Å². The molecule has 0 N–H and O–H groups in total. The fourth-order valence-corrected chi connectivity index (χ4v) is 3.88. The van der Waals surface area contributed by atoms with Crippen LogP contribution in [0.4, 0.5) is 0 Å². The van der Waals surface area contributed by atoms with Gasteiger partial charge in [0.2, 0.25) is 0 Å². The molecule has 22 heavy (non-hydrogen) atoms. The normalized spacial score (nSPS) is 20.1. The number of rotatable bonds is 5. The molecule has 1 aromatic rings. The van der Waals surface area contributed by atoms with Crippen molar-refractivity contribution < 1.29 is 27.2 Å². The van der Waals surface area contributed by atoms with Crippen LogP contribution in [0.15, 0.2) is 28.9 Å². The molecule has 2 heterocycles. The molecule has 0 saturated carbocycles. The van der Waals surface area contributed by atoms with Gasteiger partial charge in [0.15, 0.2) is 16.4 Å². The van der Waals surface area contributed by atoms with Gasteiger partial charge in [-0.25, -0.2) is 13.2 Å². The maximum absolute atomic E-state index is 11.9. The number of ether oxygens (including phenoxy) is 1. The Bertz CT molecular complexity index is 662. The lowest BCUT2D eigenvalue weighted by Crippen LogP contribution is -2.40. The van der Waals surface area contributed by atoms with Gasteiger partial charge in [0.1, 0.15) is 5.76 Å². The monoisotopic (exact) mass is 327 g/mol. The Morgan fingerprint density at radius 3 is 2.86 bits per heavy atom. The summed E-state index contributed by atoms with van der Waals surface area (Å²) in [5.41, 5.74) is 0. The molecule has 0 spiro atoms. The quantitative estimate of drug-likeness (QED) is 0.577. The van der Waals surface area contributed by atoms with Crippen LogP contribution in [0, 0.1) is 0 Å². The smallest absolute Gasteiger partial charge is 0.331 e. The van der Waals surface area contributed by atoms with Gasteiger partial charge in [0, 0.05) is 19.2 Å². The van der Waals surface area contributed by atoms with E-state index in [1.807, 2.05) is 0 Å². The summed E-state index contributed by atoms with van der Waals surface area (Å²) in [6.07, 6.45) is 4.47. The zero-order valence-corrected chi connectivity index (χ0v) is 12.9. The summed E-state index contributed by atoms with van der Waals surface area (Å²) in [4.78, 5) is 24.7. The molecule has 0 aromatic carbocycles. The van der Waals surface area contributed by atoms with Gasteiger partial charge in [-0.3, -0.25) is 4.79 Å². The molecule has 0 bridgehead atoms. The maximum atomic E-state index is 11.9. The molecule has 1 aromatic heterocycles. The van der Waals surface area contributed by atoms with Gasteiger partial charge in [-0.05, 0) is 24.6 Å². The average molecular weight is 327 g/mol. The van der Waals surface area contributed by atoms with Gasteiger partial charge in [0.25, 0.3) is 5.91 Å². The van der Waals surface area contributed by atoms with Crippen LogP contribution in [-0.4, -0.2) is 56.4 Å². The Morgan fingerprint density at radius 1 is 1.50 bits per heavy atom. The first kappa shape index (κ1) is 16.3. The minimum Gasteiger partial charge on any atom is -0.465 e. The third kappa shape index (κ3) is 4.45. The first-order valence-electron chi connectivity index (χ1n) is 6.72. The van der Waals surface area contributed by atoms with Crippen molar-refractivity contribution in [3.63, 3.8) is 0 Å². The number of carbonyl (C=O) groups excluding carboxylic acids is 2. The molecular weight excluding hydrogens is 310 g/mol. The number of amides is 1. The lowest BCUT2D eigenvalue weighted by atomic mass is 10.2. The van der Waals surface area contributed by atoms with E-state index in [2.05, 4.69) is 0 Å². The highest BCUT2D eigenvalue weighted by Gasteiger charge is 2.32. The van der Waals surface area contributed by atoms with E-state index in [-0.39, 0.29) is 17.5 Å². The van der Waals surface area contributed by atoms with E-state index in [0.29, 0.717) is 12.2 Å². The molecule has 1 fully saturated rings. The van der Waals surface area contributed by atoms with Gasteiger partial charge >= 0.3 is 5.97 Å². The second-order valence-electron chi connectivity index (χ2n) is 5.02. The third-order valence-electron chi connectivity index (χ3n) is 3.41. The molecule has 2 rings (SSSR count). The third-order valence-corrected chi connectivity index (χ3v) is 5.16. The van der Waals surface area contributed by atoms with Gasteiger partial charge in [-0.2, -0.15) is 0 Å². The van der Waals surface area contributed by atoms with Gasteiger partial charge < -0.3 is 14.1 Å². The second kappa shape index (κ2) is 6.78. The van der Waals surface area contributed by atoms with E-state index in [1.165, 1.54) is 24.3 Å². The number of carbonyl (C=O) groups is 2. The van der Waals surface area contributed by atoms with Gasteiger partial charge in [-0.15, -0.1) is 0 Å². The highest BCUT2D eigenvalue weighted by atomic mass is 32.2. The molecule has 7 nitrogen and oxygen atoms in total. The topological polar surface area (TPSA) is 93.9 Å². The first-order chi connectivity index (χ1) is 10.4. The molecule has 1 aliphatic heterocycles.